The number of amides is 1. The van der Waals surface area contributed by atoms with E-state index in [4.69, 9.17) is 15.8 Å². The summed E-state index contributed by atoms with van der Waals surface area (Å²) in [7, 11) is -1.49. The van der Waals surface area contributed by atoms with Crippen molar-refractivity contribution in [3.63, 3.8) is 0 Å². The lowest BCUT2D eigenvalue weighted by molar-refractivity contribution is -0.117. The number of rotatable bonds is 5. The first-order valence-electron chi connectivity index (χ1n) is 7.04. The molecule has 6 heteroatoms. The minimum Gasteiger partial charge on any atom is -0.423 e. The zero-order valence-electron chi connectivity index (χ0n) is 12.4. The Morgan fingerprint density at radius 2 is 1.73 bits per heavy atom. The highest BCUT2D eigenvalue weighted by Crippen LogP contribution is 2.10. The summed E-state index contributed by atoms with van der Waals surface area (Å²) in [6.45, 7) is 1.98. The van der Waals surface area contributed by atoms with Crippen molar-refractivity contribution >= 4 is 24.2 Å². The van der Waals surface area contributed by atoms with Crippen molar-refractivity contribution < 1.29 is 14.8 Å². The molecule has 22 heavy (non-hydrogen) atoms. The SMILES string of the molecule is Cc1ccc(NC(=O)[C@@H](N)Cc2ccc(B(O)O)cc2)cc1. The summed E-state index contributed by atoms with van der Waals surface area (Å²) in [5, 5.41) is 20.8. The zero-order valence-corrected chi connectivity index (χ0v) is 12.4. The van der Waals surface area contributed by atoms with E-state index in [9.17, 15) is 4.79 Å². The molecule has 0 aliphatic carbocycles. The van der Waals surface area contributed by atoms with Crippen LogP contribution in [0.15, 0.2) is 48.5 Å². The fraction of sp³-hybridized carbons (Fsp3) is 0.188. The van der Waals surface area contributed by atoms with Crippen LogP contribution in [0.3, 0.4) is 0 Å². The van der Waals surface area contributed by atoms with Gasteiger partial charge in [0.05, 0.1) is 6.04 Å². The summed E-state index contributed by atoms with van der Waals surface area (Å²) in [4.78, 5) is 12.1. The van der Waals surface area contributed by atoms with Gasteiger partial charge in [0, 0.05) is 5.69 Å². The van der Waals surface area contributed by atoms with Gasteiger partial charge in [0.25, 0.3) is 0 Å². The molecule has 0 fully saturated rings. The number of anilines is 1. The van der Waals surface area contributed by atoms with Crippen molar-refractivity contribution in [2.45, 2.75) is 19.4 Å². The van der Waals surface area contributed by atoms with Gasteiger partial charge < -0.3 is 21.1 Å². The van der Waals surface area contributed by atoms with Gasteiger partial charge in [0.2, 0.25) is 5.91 Å². The molecule has 1 atom stereocenters. The maximum Gasteiger partial charge on any atom is 0.488 e. The molecule has 0 aliphatic heterocycles. The fourth-order valence-electron chi connectivity index (χ4n) is 2.04. The molecular weight excluding hydrogens is 279 g/mol. The lowest BCUT2D eigenvalue weighted by Gasteiger charge is -2.13. The molecule has 0 spiro atoms. The normalized spacial score (nSPS) is 11.8. The second-order valence-corrected chi connectivity index (χ2v) is 5.28. The van der Waals surface area contributed by atoms with Crippen LogP contribution in [-0.4, -0.2) is 29.1 Å². The summed E-state index contributed by atoms with van der Waals surface area (Å²) < 4.78 is 0. The van der Waals surface area contributed by atoms with Gasteiger partial charge in [-0.25, -0.2) is 0 Å². The van der Waals surface area contributed by atoms with E-state index in [0.29, 0.717) is 17.6 Å². The topological polar surface area (TPSA) is 95.6 Å². The average molecular weight is 298 g/mol. The Hall–Kier alpha value is -2.15. The van der Waals surface area contributed by atoms with Crippen molar-refractivity contribution in [3.05, 3.63) is 59.7 Å². The lowest BCUT2D eigenvalue weighted by Crippen LogP contribution is -2.37. The molecule has 0 unspecified atom stereocenters. The van der Waals surface area contributed by atoms with Gasteiger partial charge in [0.15, 0.2) is 0 Å². The third-order valence-electron chi connectivity index (χ3n) is 3.39. The van der Waals surface area contributed by atoms with E-state index < -0.39 is 13.2 Å². The molecule has 0 radical (unpaired) electrons. The second-order valence-electron chi connectivity index (χ2n) is 5.28. The highest BCUT2D eigenvalue weighted by molar-refractivity contribution is 6.58. The molecule has 0 heterocycles. The number of hydrogen-bond donors (Lipinski definition) is 4. The second kappa shape index (κ2) is 7.22. The molecule has 5 nitrogen and oxygen atoms in total. The first kappa shape index (κ1) is 16.2. The molecule has 0 saturated carbocycles. The summed E-state index contributed by atoms with van der Waals surface area (Å²) in [5.74, 6) is -0.255. The fourth-order valence-corrected chi connectivity index (χ4v) is 2.04. The Morgan fingerprint density at radius 1 is 1.14 bits per heavy atom. The van der Waals surface area contributed by atoms with Crippen LogP contribution in [0.4, 0.5) is 5.69 Å². The van der Waals surface area contributed by atoms with Gasteiger partial charge in [-0.05, 0) is 36.5 Å². The van der Waals surface area contributed by atoms with E-state index in [0.717, 1.165) is 11.1 Å². The number of benzene rings is 2. The number of hydrogen-bond acceptors (Lipinski definition) is 4. The Kier molecular flexibility index (Phi) is 5.33. The molecule has 0 aromatic heterocycles. The predicted molar refractivity (Wildman–Crippen MR) is 87.8 cm³/mol. The van der Waals surface area contributed by atoms with Gasteiger partial charge in [0.1, 0.15) is 0 Å². The Balaban J connectivity index is 1.94. The highest BCUT2D eigenvalue weighted by atomic mass is 16.4. The molecule has 2 aromatic rings. The molecule has 0 bridgehead atoms. The molecule has 1 amide bonds. The van der Waals surface area contributed by atoms with Crippen molar-refractivity contribution in [3.8, 4) is 0 Å². The summed E-state index contributed by atoms with van der Waals surface area (Å²) in [5.41, 5.74) is 9.01. The number of carbonyl (C=O) groups is 1. The Morgan fingerprint density at radius 3 is 2.27 bits per heavy atom. The molecule has 0 saturated heterocycles. The average Bonchev–Trinajstić information content (AvgIpc) is 2.50. The van der Waals surface area contributed by atoms with Crippen LogP contribution in [0.25, 0.3) is 0 Å². The van der Waals surface area contributed by atoms with Crippen molar-refractivity contribution in [1.82, 2.24) is 0 Å². The number of nitrogens with one attached hydrogen (secondary N) is 1. The van der Waals surface area contributed by atoms with Gasteiger partial charge in [-0.2, -0.15) is 0 Å². The van der Waals surface area contributed by atoms with E-state index in [2.05, 4.69) is 5.32 Å². The van der Waals surface area contributed by atoms with Gasteiger partial charge in [-0.3, -0.25) is 4.79 Å². The van der Waals surface area contributed by atoms with E-state index in [1.807, 2.05) is 31.2 Å². The van der Waals surface area contributed by atoms with Crippen LogP contribution in [0.5, 0.6) is 0 Å². The summed E-state index contributed by atoms with van der Waals surface area (Å²) in [6.07, 6.45) is 0.375. The third-order valence-corrected chi connectivity index (χ3v) is 3.39. The highest BCUT2D eigenvalue weighted by Gasteiger charge is 2.15. The lowest BCUT2D eigenvalue weighted by atomic mass is 9.80. The maximum absolute atomic E-state index is 12.1. The molecular formula is C16H19BN2O3. The smallest absolute Gasteiger partial charge is 0.423 e. The molecule has 2 rings (SSSR count). The van der Waals surface area contributed by atoms with E-state index >= 15 is 0 Å². The van der Waals surface area contributed by atoms with Crippen LogP contribution < -0.4 is 16.5 Å². The quantitative estimate of drug-likeness (QED) is 0.592. The van der Waals surface area contributed by atoms with Gasteiger partial charge in [-0.1, -0.05) is 42.0 Å². The van der Waals surface area contributed by atoms with E-state index in [1.165, 1.54) is 0 Å². The Bertz CT molecular complexity index is 627. The van der Waals surface area contributed by atoms with Gasteiger partial charge >= 0.3 is 7.12 Å². The first-order chi connectivity index (χ1) is 10.5. The zero-order chi connectivity index (χ0) is 16.1. The molecule has 5 N–H and O–H groups in total. The summed E-state index contributed by atoms with van der Waals surface area (Å²) >= 11 is 0. The van der Waals surface area contributed by atoms with Crippen molar-refractivity contribution in [2.75, 3.05) is 5.32 Å². The minimum absolute atomic E-state index is 0.255. The van der Waals surface area contributed by atoms with Crippen LogP contribution >= 0.6 is 0 Å². The largest absolute Gasteiger partial charge is 0.488 e. The number of nitrogens with two attached hydrogens (primary N) is 1. The van der Waals surface area contributed by atoms with Crippen LogP contribution in [0.2, 0.25) is 0 Å². The molecule has 114 valence electrons. The van der Waals surface area contributed by atoms with Crippen LogP contribution in [-0.2, 0) is 11.2 Å². The molecule has 2 aromatic carbocycles. The molecule has 0 aliphatic rings. The van der Waals surface area contributed by atoms with Gasteiger partial charge in [-0.15, -0.1) is 0 Å². The van der Waals surface area contributed by atoms with E-state index in [-0.39, 0.29) is 5.91 Å². The maximum atomic E-state index is 12.1. The third kappa shape index (κ3) is 4.43. The van der Waals surface area contributed by atoms with Crippen molar-refractivity contribution in [2.24, 2.45) is 5.73 Å². The Labute approximate surface area is 129 Å². The predicted octanol–water partition coefficient (Wildman–Crippen LogP) is 0.183. The monoisotopic (exact) mass is 298 g/mol. The minimum atomic E-state index is -1.49. The van der Waals surface area contributed by atoms with Crippen LogP contribution in [0.1, 0.15) is 11.1 Å². The standard InChI is InChI=1S/C16H19BN2O3/c1-11-2-8-14(9-3-11)19-16(20)15(18)10-12-4-6-13(7-5-12)17(21)22/h2-9,15,21-22H,10,18H2,1H3,(H,19,20)/t15-/m0/s1. The first-order valence-corrected chi connectivity index (χ1v) is 7.04. The summed E-state index contributed by atoms with van der Waals surface area (Å²) in [6, 6.07) is 13.5. The van der Waals surface area contributed by atoms with Crippen LogP contribution in [0, 0.1) is 6.92 Å². The number of aryl methyl sites for hydroxylation is 1. The van der Waals surface area contributed by atoms with Crippen molar-refractivity contribution in [1.29, 1.82) is 0 Å². The number of carbonyl (C=O) groups excluding carboxylic acids is 1. The van der Waals surface area contributed by atoms with E-state index in [1.54, 1.807) is 24.3 Å².